The average Bonchev–Trinajstić information content (AvgIpc) is 3.05. The Morgan fingerprint density at radius 3 is 2.83 bits per heavy atom. The highest BCUT2D eigenvalue weighted by Crippen LogP contribution is 2.56. The Labute approximate surface area is 106 Å². The average molecular weight is 250 g/mol. The summed E-state index contributed by atoms with van der Waals surface area (Å²) in [5, 5.41) is 9.88. The number of hydrogen-bond acceptors (Lipinski definition) is 4. The van der Waals surface area contributed by atoms with Crippen LogP contribution in [0.4, 0.5) is 0 Å². The van der Waals surface area contributed by atoms with Gasteiger partial charge >= 0.3 is 0 Å². The van der Waals surface area contributed by atoms with Gasteiger partial charge in [-0.15, -0.1) is 0 Å². The first-order valence-corrected chi connectivity index (χ1v) is 6.25. The predicted octanol–water partition coefficient (Wildman–Crippen LogP) is 1.33. The van der Waals surface area contributed by atoms with E-state index in [2.05, 4.69) is 0 Å². The maximum Gasteiger partial charge on any atom is 0.184 e. The van der Waals surface area contributed by atoms with Gasteiger partial charge in [0, 0.05) is 13.0 Å². The van der Waals surface area contributed by atoms with Gasteiger partial charge in [-0.3, -0.25) is 0 Å². The number of aliphatic hydroxyl groups is 1. The van der Waals surface area contributed by atoms with Gasteiger partial charge in [-0.2, -0.15) is 0 Å². The van der Waals surface area contributed by atoms with Gasteiger partial charge in [0.15, 0.2) is 6.29 Å². The maximum atomic E-state index is 9.88. The van der Waals surface area contributed by atoms with Gasteiger partial charge in [-0.25, -0.2) is 0 Å². The van der Waals surface area contributed by atoms with Crippen LogP contribution in [0, 0.1) is 5.92 Å². The third-order valence-electron chi connectivity index (χ3n) is 3.81. The van der Waals surface area contributed by atoms with Crippen LogP contribution in [0.25, 0.3) is 0 Å². The maximum absolute atomic E-state index is 9.88. The lowest BCUT2D eigenvalue weighted by molar-refractivity contribution is -0.183. The summed E-state index contributed by atoms with van der Waals surface area (Å²) in [5.41, 5.74) is 0.836. The molecule has 0 bridgehead atoms. The van der Waals surface area contributed by atoms with E-state index < -0.39 is 12.4 Å². The number of benzene rings is 1. The molecule has 2 aliphatic rings. The molecule has 0 radical (unpaired) electrons. The summed E-state index contributed by atoms with van der Waals surface area (Å²) in [6.07, 6.45) is -0.151. The van der Waals surface area contributed by atoms with Crippen LogP contribution in [0.5, 0.6) is 0 Å². The normalized spacial score (nSPS) is 37.6. The lowest BCUT2D eigenvalue weighted by atomic mass is 10.2. The van der Waals surface area contributed by atoms with E-state index in [1.165, 1.54) is 0 Å². The summed E-state index contributed by atoms with van der Waals surface area (Å²) in [4.78, 5) is 0. The van der Waals surface area contributed by atoms with Crippen molar-refractivity contribution < 1.29 is 19.3 Å². The fraction of sp³-hybridized carbons (Fsp3) is 0.571. The molecule has 4 nitrogen and oxygen atoms in total. The first-order chi connectivity index (χ1) is 8.75. The molecular weight excluding hydrogens is 232 g/mol. The molecule has 1 saturated carbocycles. The quantitative estimate of drug-likeness (QED) is 0.856. The number of ether oxygens (including phenoxy) is 3. The number of hydrogen-bond donors (Lipinski definition) is 1. The second-order valence-corrected chi connectivity index (χ2v) is 5.07. The standard InChI is InChI=1S/C14H18O4/c1-16-13-12(15)11-7-14(11,18-13)9-17-8-10-5-3-2-4-6-10/h2-6,11-13,15H,7-9H2,1H3/t11-,12+,13-,14+/m0/s1. The Balaban J connectivity index is 1.51. The zero-order valence-electron chi connectivity index (χ0n) is 10.4. The zero-order valence-corrected chi connectivity index (χ0v) is 10.4. The van der Waals surface area contributed by atoms with Crippen molar-refractivity contribution in [2.45, 2.75) is 31.0 Å². The SMILES string of the molecule is CO[C@H]1O[C@@]2(COCc3ccccc3)C[C@H]2[C@H]1O. The van der Waals surface area contributed by atoms with Crippen molar-refractivity contribution in [3.05, 3.63) is 35.9 Å². The molecule has 0 aromatic heterocycles. The topological polar surface area (TPSA) is 47.9 Å². The van der Waals surface area contributed by atoms with Crippen molar-refractivity contribution >= 4 is 0 Å². The third kappa shape index (κ3) is 2.06. The van der Waals surface area contributed by atoms with Crippen LogP contribution in [-0.2, 0) is 20.8 Å². The molecule has 1 heterocycles. The van der Waals surface area contributed by atoms with Crippen LogP contribution in [-0.4, -0.2) is 36.8 Å². The van der Waals surface area contributed by atoms with Crippen molar-refractivity contribution in [1.29, 1.82) is 0 Å². The van der Waals surface area contributed by atoms with Gasteiger partial charge in [0.1, 0.15) is 11.7 Å². The molecule has 4 atom stereocenters. The molecular formula is C14H18O4. The van der Waals surface area contributed by atoms with Gasteiger partial charge in [-0.1, -0.05) is 30.3 Å². The molecule has 18 heavy (non-hydrogen) atoms. The molecule has 1 saturated heterocycles. The second-order valence-electron chi connectivity index (χ2n) is 5.07. The van der Waals surface area contributed by atoms with E-state index in [1.54, 1.807) is 7.11 Å². The third-order valence-corrected chi connectivity index (χ3v) is 3.81. The molecule has 0 unspecified atom stereocenters. The number of fused-ring (bicyclic) bond motifs is 1. The van der Waals surface area contributed by atoms with E-state index in [4.69, 9.17) is 14.2 Å². The summed E-state index contributed by atoms with van der Waals surface area (Å²) < 4.78 is 16.5. The molecule has 98 valence electrons. The van der Waals surface area contributed by atoms with E-state index in [0.29, 0.717) is 13.2 Å². The Bertz CT molecular complexity index is 408. The summed E-state index contributed by atoms with van der Waals surface area (Å²) in [6, 6.07) is 10.0. The lowest BCUT2D eigenvalue weighted by Gasteiger charge is -2.18. The Morgan fingerprint density at radius 1 is 1.39 bits per heavy atom. The fourth-order valence-electron chi connectivity index (χ4n) is 2.67. The van der Waals surface area contributed by atoms with Crippen molar-refractivity contribution in [1.82, 2.24) is 0 Å². The Hall–Kier alpha value is -0.940. The molecule has 0 amide bonds. The second kappa shape index (κ2) is 4.63. The lowest BCUT2D eigenvalue weighted by Crippen LogP contribution is -2.28. The Kier molecular flexibility index (Phi) is 3.11. The predicted molar refractivity (Wildman–Crippen MR) is 64.8 cm³/mol. The largest absolute Gasteiger partial charge is 0.387 e. The monoisotopic (exact) mass is 250 g/mol. The minimum Gasteiger partial charge on any atom is -0.387 e. The summed E-state index contributed by atoms with van der Waals surface area (Å²) in [5.74, 6) is 0.165. The van der Waals surface area contributed by atoms with E-state index in [-0.39, 0.29) is 11.5 Å². The van der Waals surface area contributed by atoms with E-state index in [0.717, 1.165) is 12.0 Å². The molecule has 1 aliphatic carbocycles. The molecule has 1 aromatic carbocycles. The highest BCUT2D eigenvalue weighted by atomic mass is 16.7. The van der Waals surface area contributed by atoms with Crippen molar-refractivity contribution in [3.8, 4) is 0 Å². The number of methoxy groups -OCH3 is 1. The summed E-state index contributed by atoms with van der Waals surface area (Å²) >= 11 is 0. The van der Waals surface area contributed by atoms with Gasteiger partial charge in [0.25, 0.3) is 0 Å². The van der Waals surface area contributed by atoms with Crippen molar-refractivity contribution in [3.63, 3.8) is 0 Å². The molecule has 1 aromatic rings. The summed E-state index contributed by atoms with van der Waals surface area (Å²) in [6.45, 7) is 1.09. The van der Waals surface area contributed by atoms with Gasteiger partial charge < -0.3 is 19.3 Å². The van der Waals surface area contributed by atoms with Crippen LogP contribution in [0.3, 0.4) is 0 Å². The Morgan fingerprint density at radius 2 is 2.17 bits per heavy atom. The number of rotatable bonds is 5. The molecule has 1 aliphatic heterocycles. The minimum atomic E-state index is -0.518. The molecule has 4 heteroatoms. The van der Waals surface area contributed by atoms with Crippen molar-refractivity contribution in [2.75, 3.05) is 13.7 Å². The molecule has 2 fully saturated rings. The van der Waals surface area contributed by atoms with Crippen LogP contribution < -0.4 is 0 Å². The smallest absolute Gasteiger partial charge is 0.184 e. The van der Waals surface area contributed by atoms with Gasteiger partial charge in [-0.05, 0) is 12.0 Å². The van der Waals surface area contributed by atoms with E-state index in [1.807, 2.05) is 30.3 Å². The van der Waals surface area contributed by atoms with Crippen LogP contribution in [0.2, 0.25) is 0 Å². The van der Waals surface area contributed by atoms with Crippen LogP contribution in [0.1, 0.15) is 12.0 Å². The first-order valence-electron chi connectivity index (χ1n) is 6.25. The molecule has 1 N–H and O–H groups in total. The van der Waals surface area contributed by atoms with Crippen LogP contribution in [0.15, 0.2) is 30.3 Å². The highest BCUT2D eigenvalue weighted by Gasteiger charge is 2.67. The van der Waals surface area contributed by atoms with Crippen LogP contribution >= 0.6 is 0 Å². The van der Waals surface area contributed by atoms with E-state index in [9.17, 15) is 5.11 Å². The van der Waals surface area contributed by atoms with Crippen molar-refractivity contribution in [2.24, 2.45) is 5.92 Å². The zero-order chi connectivity index (χ0) is 12.6. The molecule has 3 rings (SSSR count). The summed E-state index contributed by atoms with van der Waals surface area (Å²) in [7, 11) is 1.55. The fourth-order valence-corrected chi connectivity index (χ4v) is 2.67. The molecule has 0 spiro atoms. The first kappa shape index (κ1) is 12.1. The van der Waals surface area contributed by atoms with E-state index >= 15 is 0 Å². The number of aliphatic hydroxyl groups excluding tert-OH is 1. The minimum absolute atomic E-state index is 0.165. The highest BCUT2D eigenvalue weighted by molar-refractivity contribution is 5.15. The van der Waals surface area contributed by atoms with Gasteiger partial charge in [0.2, 0.25) is 0 Å². The van der Waals surface area contributed by atoms with Gasteiger partial charge in [0.05, 0.1) is 13.2 Å².